The highest BCUT2D eigenvalue weighted by atomic mass is 32.1. The second kappa shape index (κ2) is 2.74. The Balaban J connectivity index is 2.46. The number of primary amides is 1. The van der Waals surface area contributed by atoms with Crippen LogP contribution in [0.1, 0.15) is 9.80 Å². The lowest BCUT2D eigenvalue weighted by Gasteiger charge is -1.87. The van der Waals surface area contributed by atoms with Crippen LogP contribution in [-0.2, 0) is 0 Å². The van der Waals surface area contributed by atoms with Gasteiger partial charge in [0.2, 0.25) is 0 Å². The average Bonchev–Trinajstić information content (AvgIpc) is 2.82. The van der Waals surface area contributed by atoms with Gasteiger partial charge in [-0.15, -0.1) is 0 Å². The van der Waals surface area contributed by atoms with E-state index in [1.54, 1.807) is 12.5 Å². The molecule has 7 heteroatoms. The Bertz CT molecular complexity index is 670. The summed E-state index contributed by atoms with van der Waals surface area (Å²) < 4.78 is 0. The van der Waals surface area contributed by atoms with E-state index >= 15 is 0 Å². The van der Waals surface area contributed by atoms with E-state index in [4.69, 9.17) is 5.73 Å². The molecule has 0 bridgehead atoms. The molecule has 3 aromatic heterocycles. The summed E-state index contributed by atoms with van der Waals surface area (Å²) in [6.07, 6.45) is 3.22. The van der Waals surface area contributed by atoms with Crippen LogP contribution >= 0.6 is 11.3 Å². The molecule has 0 aromatic carbocycles. The third kappa shape index (κ3) is 1.10. The first kappa shape index (κ1) is 8.30. The van der Waals surface area contributed by atoms with Gasteiger partial charge in [0.25, 0.3) is 5.91 Å². The molecule has 0 saturated heterocycles. The van der Waals surface area contributed by atoms with Gasteiger partial charge in [-0.25, -0.2) is 15.0 Å². The molecule has 0 aliphatic rings. The number of pyridine rings is 1. The van der Waals surface area contributed by atoms with Crippen LogP contribution in [0, 0.1) is 0 Å². The predicted molar refractivity (Wildman–Crippen MR) is 55.6 cm³/mol. The number of hydrogen-bond acceptors (Lipinski definition) is 5. The fourth-order valence-electron chi connectivity index (χ4n) is 1.37. The minimum absolute atomic E-state index is 0.257. The van der Waals surface area contributed by atoms with Crippen molar-refractivity contribution in [2.24, 2.45) is 5.73 Å². The molecule has 3 aromatic rings. The topological polar surface area (TPSA) is 97.5 Å². The van der Waals surface area contributed by atoms with E-state index in [-0.39, 0.29) is 5.01 Å². The third-order valence-electron chi connectivity index (χ3n) is 2.02. The van der Waals surface area contributed by atoms with E-state index in [2.05, 4.69) is 19.9 Å². The van der Waals surface area contributed by atoms with Crippen molar-refractivity contribution in [1.82, 2.24) is 19.9 Å². The fraction of sp³-hybridized carbons (Fsp3) is 0. The number of nitrogens with zero attached hydrogens (tertiary/aromatic N) is 3. The van der Waals surface area contributed by atoms with Crippen LogP contribution in [0.3, 0.4) is 0 Å². The largest absolute Gasteiger partial charge is 0.364 e. The number of carbonyl (C=O) groups excluding carboxylic acids is 1. The summed E-state index contributed by atoms with van der Waals surface area (Å²) in [7, 11) is 0. The molecule has 0 radical (unpaired) electrons. The molecule has 3 N–H and O–H groups in total. The fourth-order valence-corrected chi connectivity index (χ4v) is 2.14. The van der Waals surface area contributed by atoms with Crippen LogP contribution in [0.2, 0.25) is 0 Å². The van der Waals surface area contributed by atoms with Gasteiger partial charge in [0.15, 0.2) is 5.01 Å². The van der Waals surface area contributed by atoms with Crippen molar-refractivity contribution >= 4 is 38.6 Å². The van der Waals surface area contributed by atoms with Crippen molar-refractivity contribution < 1.29 is 4.79 Å². The van der Waals surface area contributed by atoms with Gasteiger partial charge in [0.1, 0.15) is 15.9 Å². The molecule has 0 aliphatic carbocycles. The molecule has 0 aliphatic heterocycles. The normalized spacial score (nSPS) is 11.2. The van der Waals surface area contributed by atoms with E-state index in [1.165, 1.54) is 11.3 Å². The Labute approximate surface area is 87.2 Å². The first-order valence-electron chi connectivity index (χ1n) is 4.14. The van der Waals surface area contributed by atoms with Crippen LogP contribution in [-0.4, -0.2) is 25.8 Å². The summed E-state index contributed by atoms with van der Waals surface area (Å²) in [6.45, 7) is 0. The zero-order chi connectivity index (χ0) is 10.4. The number of imidazole rings is 1. The van der Waals surface area contributed by atoms with E-state index in [0.717, 1.165) is 5.52 Å². The van der Waals surface area contributed by atoms with Crippen LogP contribution < -0.4 is 5.73 Å². The van der Waals surface area contributed by atoms with E-state index < -0.39 is 5.91 Å². The molecule has 1 amide bonds. The lowest BCUT2D eigenvalue weighted by Crippen LogP contribution is -2.09. The molecule has 3 heterocycles. The highest BCUT2D eigenvalue weighted by Gasteiger charge is 2.13. The molecule has 0 atom stereocenters. The number of aromatic amines is 1. The molecule has 0 fully saturated rings. The van der Waals surface area contributed by atoms with Crippen LogP contribution in [0.5, 0.6) is 0 Å². The van der Waals surface area contributed by atoms with Crippen LogP contribution in [0.4, 0.5) is 0 Å². The highest BCUT2D eigenvalue weighted by molar-refractivity contribution is 7.20. The molecular formula is C8H5N5OS. The molecule has 6 nitrogen and oxygen atoms in total. The minimum atomic E-state index is -0.540. The summed E-state index contributed by atoms with van der Waals surface area (Å²) in [5, 5.41) is 0.257. The smallest absolute Gasteiger partial charge is 0.277 e. The maximum atomic E-state index is 11.0. The molecule has 74 valence electrons. The summed E-state index contributed by atoms with van der Waals surface area (Å²) >= 11 is 1.17. The summed E-state index contributed by atoms with van der Waals surface area (Å²) in [5.41, 5.74) is 7.28. The molecule has 15 heavy (non-hydrogen) atoms. The molecule has 3 rings (SSSR count). The quantitative estimate of drug-likeness (QED) is 0.628. The van der Waals surface area contributed by atoms with E-state index in [9.17, 15) is 4.79 Å². The second-order valence-corrected chi connectivity index (χ2v) is 3.94. The van der Waals surface area contributed by atoms with Crippen molar-refractivity contribution in [3.05, 3.63) is 17.5 Å². The Morgan fingerprint density at radius 2 is 2.27 bits per heavy atom. The highest BCUT2D eigenvalue weighted by Crippen LogP contribution is 2.24. The van der Waals surface area contributed by atoms with Gasteiger partial charge in [-0.2, -0.15) is 0 Å². The molecule has 0 spiro atoms. The van der Waals surface area contributed by atoms with E-state index in [0.29, 0.717) is 15.9 Å². The van der Waals surface area contributed by atoms with Crippen molar-refractivity contribution in [2.45, 2.75) is 0 Å². The van der Waals surface area contributed by atoms with Gasteiger partial charge in [-0.05, 0) is 0 Å². The third-order valence-corrected chi connectivity index (χ3v) is 3.00. The number of rotatable bonds is 1. The number of aromatic nitrogens is 4. The number of carbonyl (C=O) groups is 1. The number of nitrogens with two attached hydrogens (primary N) is 1. The number of hydrogen-bond donors (Lipinski definition) is 2. The minimum Gasteiger partial charge on any atom is -0.364 e. The van der Waals surface area contributed by atoms with Gasteiger partial charge >= 0.3 is 0 Å². The SMILES string of the molecule is NC(=O)c1nc2c(ncc3[nH]cnc32)s1. The van der Waals surface area contributed by atoms with Gasteiger partial charge in [0.05, 0.1) is 18.0 Å². The average molecular weight is 219 g/mol. The standard InChI is InChI=1S/C8H5N5OS/c9-6(14)8-13-5-4-3(11-2-12-4)1-10-7(5)15-8/h1-2H,(H2,9,14)(H,11,12). The Morgan fingerprint density at radius 1 is 1.40 bits per heavy atom. The Kier molecular flexibility index (Phi) is 1.51. The number of thiazole rings is 1. The van der Waals surface area contributed by atoms with Crippen molar-refractivity contribution in [2.75, 3.05) is 0 Å². The van der Waals surface area contributed by atoms with Gasteiger partial charge in [0, 0.05) is 0 Å². The Morgan fingerprint density at radius 3 is 3.07 bits per heavy atom. The number of fused-ring (bicyclic) bond motifs is 3. The van der Waals surface area contributed by atoms with Crippen molar-refractivity contribution in [3.8, 4) is 0 Å². The Hall–Kier alpha value is -2.02. The second-order valence-electron chi connectivity index (χ2n) is 2.96. The monoisotopic (exact) mass is 219 g/mol. The summed E-state index contributed by atoms with van der Waals surface area (Å²) in [6, 6.07) is 0. The zero-order valence-electron chi connectivity index (χ0n) is 7.39. The lowest BCUT2D eigenvalue weighted by atomic mass is 10.4. The number of H-pyrrole nitrogens is 1. The van der Waals surface area contributed by atoms with Gasteiger partial charge in [-0.3, -0.25) is 4.79 Å². The number of nitrogens with one attached hydrogen (secondary N) is 1. The predicted octanol–water partition coefficient (Wildman–Crippen LogP) is 0.667. The zero-order valence-corrected chi connectivity index (χ0v) is 8.21. The lowest BCUT2D eigenvalue weighted by molar-refractivity contribution is 0.1000. The van der Waals surface area contributed by atoms with Crippen molar-refractivity contribution in [1.29, 1.82) is 0 Å². The first-order valence-corrected chi connectivity index (χ1v) is 4.96. The maximum absolute atomic E-state index is 11.0. The van der Waals surface area contributed by atoms with E-state index in [1.807, 2.05) is 0 Å². The van der Waals surface area contributed by atoms with Crippen molar-refractivity contribution in [3.63, 3.8) is 0 Å². The maximum Gasteiger partial charge on any atom is 0.277 e. The molecule has 0 unspecified atom stereocenters. The van der Waals surface area contributed by atoms with Gasteiger partial charge < -0.3 is 10.7 Å². The first-order chi connectivity index (χ1) is 7.25. The van der Waals surface area contributed by atoms with Gasteiger partial charge in [-0.1, -0.05) is 11.3 Å². The number of amides is 1. The summed E-state index contributed by atoms with van der Waals surface area (Å²) in [4.78, 5) is 26.9. The summed E-state index contributed by atoms with van der Waals surface area (Å²) in [5.74, 6) is -0.540. The van der Waals surface area contributed by atoms with Crippen LogP contribution in [0.15, 0.2) is 12.5 Å². The molecular weight excluding hydrogens is 214 g/mol. The van der Waals surface area contributed by atoms with Crippen LogP contribution in [0.25, 0.3) is 21.4 Å². The molecule has 0 saturated carbocycles.